The van der Waals surface area contributed by atoms with E-state index in [0.29, 0.717) is 18.3 Å². The first-order valence-corrected chi connectivity index (χ1v) is 8.47. The lowest BCUT2D eigenvalue weighted by atomic mass is 10.2. The molecular formula is C17H23N5O2. The minimum absolute atomic E-state index is 0.0711. The number of ether oxygens (including phenoxy) is 1. The van der Waals surface area contributed by atoms with E-state index in [9.17, 15) is 4.79 Å². The van der Waals surface area contributed by atoms with Crippen LogP contribution in [0.25, 0.3) is 0 Å². The fourth-order valence-corrected chi connectivity index (χ4v) is 3.50. The average Bonchev–Trinajstić information content (AvgIpc) is 3.31. The van der Waals surface area contributed by atoms with E-state index >= 15 is 0 Å². The Bertz CT molecular complexity index is 729. The van der Waals surface area contributed by atoms with Crippen LogP contribution in [0.4, 0.5) is 0 Å². The molecule has 0 bridgehead atoms. The minimum Gasteiger partial charge on any atom is -0.380 e. The first-order valence-electron chi connectivity index (χ1n) is 8.47. The van der Waals surface area contributed by atoms with Gasteiger partial charge in [0.2, 0.25) is 0 Å². The van der Waals surface area contributed by atoms with Gasteiger partial charge in [-0.2, -0.15) is 0 Å². The normalized spacial score (nSPS) is 21.0. The molecule has 1 fully saturated rings. The molecule has 0 aromatic carbocycles. The fraction of sp³-hybridized carbons (Fsp3) is 0.529. The molecule has 0 aliphatic carbocycles. The summed E-state index contributed by atoms with van der Waals surface area (Å²) in [7, 11) is 1.87. The SMILES string of the molecule is Cn1cccc1C(=O)NCc1cn2c(n1)CN(C1CCOC1)CC2. The van der Waals surface area contributed by atoms with Crippen LogP contribution in [0, 0.1) is 0 Å². The van der Waals surface area contributed by atoms with E-state index in [1.807, 2.05) is 29.9 Å². The Morgan fingerprint density at radius 2 is 2.38 bits per heavy atom. The number of aromatic nitrogens is 3. The Hall–Kier alpha value is -2.12. The Balaban J connectivity index is 1.38. The Labute approximate surface area is 141 Å². The third-order valence-corrected chi connectivity index (χ3v) is 4.91. The molecule has 2 aliphatic rings. The van der Waals surface area contributed by atoms with Crippen molar-refractivity contribution in [3.05, 3.63) is 41.7 Å². The number of aryl methyl sites for hydroxylation is 1. The van der Waals surface area contributed by atoms with Gasteiger partial charge in [0.1, 0.15) is 11.5 Å². The standard InChI is InChI=1S/C17H23N5O2/c1-20-5-2-3-15(20)17(23)18-9-13-10-22-7-6-21(11-16(22)19-13)14-4-8-24-12-14/h2-3,5,10,14H,4,6-9,11-12H2,1H3,(H,18,23). The largest absolute Gasteiger partial charge is 0.380 e. The van der Waals surface area contributed by atoms with E-state index < -0.39 is 0 Å². The molecule has 1 atom stereocenters. The number of hydrogen-bond acceptors (Lipinski definition) is 4. The van der Waals surface area contributed by atoms with Gasteiger partial charge >= 0.3 is 0 Å². The maximum absolute atomic E-state index is 12.2. The van der Waals surface area contributed by atoms with Gasteiger partial charge in [0.15, 0.2) is 0 Å². The molecule has 2 aliphatic heterocycles. The second kappa shape index (κ2) is 6.41. The van der Waals surface area contributed by atoms with Gasteiger partial charge in [0.25, 0.3) is 5.91 Å². The van der Waals surface area contributed by atoms with Crippen LogP contribution in [-0.2, 0) is 31.4 Å². The van der Waals surface area contributed by atoms with E-state index in [4.69, 9.17) is 9.72 Å². The molecule has 0 radical (unpaired) electrons. The third kappa shape index (κ3) is 2.97. The highest BCUT2D eigenvalue weighted by Crippen LogP contribution is 2.19. The van der Waals surface area contributed by atoms with E-state index in [1.54, 1.807) is 0 Å². The Morgan fingerprint density at radius 3 is 3.12 bits per heavy atom. The molecule has 128 valence electrons. The van der Waals surface area contributed by atoms with Crippen LogP contribution in [0.3, 0.4) is 0 Å². The summed E-state index contributed by atoms with van der Waals surface area (Å²) in [6.07, 6.45) is 5.04. The Kier molecular flexibility index (Phi) is 4.12. The average molecular weight is 329 g/mol. The van der Waals surface area contributed by atoms with Gasteiger partial charge in [0, 0.05) is 45.2 Å². The van der Waals surface area contributed by atoms with Crippen molar-refractivity contribution in [1.29, 1.82) is 0 Å². The molecule has 2 aromatic rings. The lowest BCUT2D eigenvalue weighted by molar-refractivity contribution is 0.0942. The number of fused-ring (bicyclic) bond motifs is 1. The maximum Gasteiger partial charge on any atom is 0.268 e. The van der Waals surface area contributed by atoms with Crippen LogP contribution in [-0.4, -0.2) is 50.7 Å². The zero-order valence-corrected chi connectivity index (χ0v) is 13.9. The van der Waals surface area contributed by atoms with E-state index in [1.165, 1.54) is 0 Å². The highest BCUT2D eigenvalue weighted by Gasteiger charge is 2.27. The summed E-state index contributed by atoms with van der Waals surface area (Å²) in [5, 5.41) is 2.95. The number of amides is 1. The first kappa shape index (κ1) is 15.4. The number of nitrogens with zero attached hydrogens (tertiary/aromatic N) is 4. The van der Waals surface area contributed by atoms with Gasteiger partial charge < -0.3 is 19.2 Å². The monoisotopic (exact) mass is 329 g/mol. The molecule has 24 heavy (non-hydrogen) atoms. The van der Waals surface area contributed by atoms with Crippen LogP contribution in [0.15, 0.2) is 24.5 Å². The predicted octanol–water partition coefficient (Wildman–Crippen LogP) is 0.756. The molecule has 1 saturated heterocycles. The number of hydrogen-bond donors (Lipinski definition) is 1. The molecule has 1 amide bonds. The lowest BCUT2D eigenvalue weighted by Gasteiger charge is -2.31. The quantitative estimate of drug-likeness (QED) is 0.899. The molecule has 4 rings (SSSR count). The predicted molar refractivity (Wildman–Crippen MR) is 88.4 cm³/mol. The molecule has 0 spiro atoms. The lowest BCUT2D eigenvalue weighted by Crippen LogP contribution is -2.41. The fourth-order valence-electron chi connectivity index (χ4n) is 3.50. The van der Waals surface area contributed by atoms with Crippen molar-refractivity contribution in [2.24, 2.45) is 7.05 Å². The number of nitrogens with one attached hydrogen (secondary N) is 1. The smallest absolute Gasteiger partial charge is 0.268 e. The van der Waals surface area contributed by atoms with Gasteiger partial charge in [-0.25, -0.2) is 4.98 Å². The second-order valence-corrected chi connectivity index (χ2v) is 6.52. The van der Waals surface area contributed by atoms with E-state index in [2.05, 4.69) is 21.0 Å². The number of rotatable bonds is 4. The third-order valence-electron chi connectivity index (χ3n) is 4.91. The van der Waals surface area contributed by atoms with Gasteiger partial charge in [0.05, 0.1) is 25.4 Å². The molecule has 7 heteroatoms. The molecular weight excluding hydrogens is 306 g/mol. The highest BCUT2D eigenvalue weighted by molar-refractivity contribution is 5.92. The summed E-state index contributed by atoms with van der Waals surface area (Å²) < 4.78 is 9.51. The van der Waals surface area contributed by atoms with Gasteiger partial charge in [-0.05, 0) is 18.6 Å². The van der Waals surface area contributed by atoms with E-state index in [-0.39, 0.29) is 5.91 Å². The van der Waals surface area contributed by atoms with Crippen molar-refractivity contribution in [2.75, 3.05) is 19.8 Å². The number of imidazole rings is 1. The minimum atomic E-state index is -0.0711. The number of carbonyl (C=O) groups is 1. The zero-order chi connectivity index (χ0) is 16.5. The molecule has 4 heterocycles. The molecule has 0 saturated carbocycles. The summed E-state index contributed by atoms with van der Waals surface area (Å²) in [6.45, 7) is 5.00. The van der Waals surface area contributed by atoms with Crippen molar-refractivity contribution in [1.82, 2.24) is 24.3 Å². The Morgan fingerprint density at radius 1 is 1.46 bits per heavy atom. The molecule has 2 aromatic heterocycles. The summed E-state index contributed by atoms with van der Waals surface area (Å²) in [4.78, 5) is 19.3. The van der Waals surface area contributed by atoms with Gasteiger partial charge in [-0.15, -0.1) is 0 Å². The van der Waals surface area contributed by atoms with Crippen molar-refractivity contribution >= 4 is 5.91 Å². The topological polar surface area (TPSA) is 64.3 Å². The summed E-state index contributed by atoms with van der Waals surface area (Å²) in [6, 6.07) is 4.21. The molecule has 7 nitrogen and oxygen atoms in total. The zero-order valence-electron chi connectivity index (χ0n) is 13.9. The second-order valence-electron chi connectivity index (χ2n) is 6.52. The highest BCUT2D eigenvalue weighted by atomic mass is 16.5. The summed E-state index contributed by atoms with van der Waals surface area (Å²) >= 11 is 0. The van der Waals surface area contributed by atoms with E-state index in [0.717, 1.165) is 50.8 Å². The molecule has 1 unspecified atom stereocenters. The van der Waals surface area contributed by atoms with Crippen molar-refractivity contribution < 1.29 is 9.53 Å². The van der Waals surface area contributed by atoms with Crippen molar-refractivity contribution in [2.45, 2.75) is 32.1 Å². The van der Waals surface area contributed by atoms with Gasteiger partial charge in [-0.1, -0.05) is 0 Å². The van der Waals surface area contributed by atoms with Crippen LogP contribution in [0.5, 0.6) is 0 Å². The van der Waals surface area contributed by atoms with Crippen molar-refractivity contribution in [3.63, 3.8) is 0 Å². The maximum atomic E-state index is 12.2. The molecule has 1 N–H and O–H groups in total. The van der Waals surface area contributed by atoms with Crippen LogP contribution >= 0.6 is 0 Å². The number of carbonyl (C=O) groups excluding carboxylic acids is 1. The summed E-state index contributed by atoms with van der Waals surface area (Å²) in [5.74, 6) is 1.01. The van der Waals surface area contributed by atoms with Crippen LogP contribution < -0.4 is 5.32 Å². The summed E-state index contributed by atoms with van der Waals surface area (Å²) in [5.41, 5.74) is 1.57. The van der Waals surface area contributed by atoms with Crippen LogP contribution in [0.1, 0.15) is 28.4 Å². The van der Waals surface area contributed by atoms with Gasteiger partial charge in [-0.3, -0.25) is 9.69 Å². The van der Waals surface area contributed by atoms with Crippen molar-refractivity contribution in [3.8, 4) is 0 Å². The van der Waals surface area contributed by atoms with Crippen LogP contribution in [0.2, 0.25) is 0 Å². The first-order chi connectivity index (χ1) is 11.7.